The van der Waals surface area contributed by atoms with Crippen LogP contribution in [0.1, 0.15) is 23.0 Å². The second-order valence-corrected chi connectivity index (χ2v) is 6.12. The minimum Gasteiger partial charge on any atom is -0.476 e. The highest BCUT2D eigenvalue weighted by atomic mass is 16.5. The lowest BCUT2D eigenvalue weighted by Crippen LogP contribution is -2.25. The quantitative estimate of drug-likeness (QED) is 0.631. The minimum absolute atomic E-state index is 0.172. The molecule has 1 atom stereocenters. The van der Waals surface area contributed by atoms with Gasteiger partial charge in [-0.25, -0.2) is 0 Å². The lowest BCUT2D eigenvalue weighted by Gasteiger charge is -2.18. The van der Waals surface area contributed by atoms with Gasteiger partial charge in [0.15, 0.2) is 5.82 Å². The van der Waals surface area contributed by atoms with Gasteiger partial charge in [-0.15, -0.1) is 0 Å². The van der Waals surface area contributed by atoms with Crippen molar-refractivity contribution in [3.05, 3.63) is 77.6 Å². The second kappa shape index (κ2) is 8.85. The van der Waals surface area contributed by atoms with Crippen LogP contribution in [0, 0.1) is 6.92 Å². The van der Waals surface area contributed by atoms with Crippen LogP contribution in [-0.4, -0.2) is 24.1 Å². The fourth-order valence-electron chi connectivity index (χ4n) is 2.58. The van der Waals surface area contributed by atoms with Crippen molar-refractivity contribution in [3.8, 4) is 5.75 Å². The molecule has 28 heavy (non-hydrogen) atoms. The third-order valence-electron chi connectivity index (χ3n) is 3.97. The zero-order valence-electron chi connectivity index (χ0n) is 15.5. The first kappa shape index (κ1) is 19.2. The van der Waals surface area contributed by atoms with E-state index in [0.717, 1.165) is 5.56 Å². The Morgan fingerprint density at radius 3 is 2.43 bits per heavy atom. The van der Waals surface area contributed by atoms with Crippen LogP contribution in [0.5, 0.6) is 5.75 Å². The lowest BCUT2D eigenvalue weighted by atomic mass is 10.1. The number of benzene rings is 2. The Hall–Kier alpha value is -3.61. The molecule has 0 aliphatic heterocycles. The average molecular weight is 380 g/mol. The third kappa shape index (κ3) is 4.97. The summed E-state index contributed by atoms with van der Waals surface area (Å²) < 4.78 is 15.6. The first-order chi connectivity index (χ1) is 13.5. The molecular formula is C21H20N2O5. The van der Waals surface area contributed by atoms with Crippen molar-refractivity contribution in [1.82, 2.24) is 5.16 Å². The normalized spacial score (nSPS) is 11.5. The largest absolute Gasteiger partial charge is 0.476 e. The van der Waals surface area contributed by atoms with E-state index in [2.05, 4.69) is 15.2 Å². The first-order valence-corrected chi connectivity index (χ1v) is 8.66. The van der Waals surface area contributed by atoms with Crippen molar-refractivity contribution >= 4 is 17.7 Å². The molecule has 0 bridgehead atoms. The number of amides is 1. The van der Waals surface area contributed by atoms with Gasteiger partial charge in [-0.3, -0.25) is 9.59 Å². The van der Waals surface area contributed by atoms with E-state index in [0.29, 0.717) is 22.9 Å². The molecular weight excluding hydrogens is 360 g/mol. The van der Waals surface area contributed by atoms with Crippen molar-refractivity contribution in [2.24, 2.45) is 0 Å². The molecule has 3 aromatic rings. The lowest BCUT2D eigenvalue weighted by molar-refractivity contribution is -0.139. The van der Waals surface area contributed by atoms with Crippen LogP contribution < -0.4 is 10.1 Å². The van der Waals surface area contributed by atoms with Crippen molar-refractivity contribution < 1.29 is 23.6 Å². The molecule has 7 heteroatoms. The molecule has 0 radical (unpaired) electrons. The van der Waals surface area contributed by atoms with Crippen LogP contribution in [0.2, 0.25) is 0 Å². The number of hydrogen-bond acceptors (Lipinski definition) is 6. The zero-order chi connectivity index (χ0) is 19.9. The summed E-state index contributed by atoms with van der Waals surface area (Å²) in [5, 5.41) is 6.48. The van der Waals surface area contributed by atoms with Gasteiger partial charge in [0.2, 0.25) is 6.10 Å². The van der Waals surface area contributed by atoms with Crippen LogP contribution in [0.15, 0.2) is 65.2 Å². The van der Waals surface area contributed by atoms with Gasteiger partial charge in [-0.05, 0) is 24.6 Å². The fraction of sp³-hybridized carbons (Fsp3) is 0.190. The van der Waals surface area contributed by atoms with Gasteiger partial charge < -0.3 is 19.3 Å². The molecule has 1 aromatic heterocycles. The van der Waals surface area contributed by atoms with E-state index in [4.69, 9.17) is 9.26 Å². The number of methoxy groups -OCH3 is 1. The highest BCUT2D eigenvalue weighted by Crippen LogP contribution is 2.24. The molecule has 3 rings (SSSR count). The van der Waals surface area contributed by atoms with Gasteiger partial charge in [0.05, 0.1) is 13.5 Å². The van der Waals surface area contributed by atoms with Gasteiger partial charge in [-0.1, -0.05) is 47.6 Å². The highest BCUT2D eigenvalue weighted by Gasteiger charge is 2.24. The Bertz CT molecular complexity index is 935. The number of esters is 1. The van der Waals surface area contributed by atoms with Crippen LogP contribution in [-0.2, 0) is 20.7 Å². The summed E-state index contributed by atoms with van der Waals surface area (Å²) >= 11 is 0. The van der Waals surface area contributed by atoms with E-state index < -0.39 is 6.10 Å². The highest BCUT2D eigenvalue weighted by molar-refractivity contribution is 5.94. The molecule has 144 valence electrons. The maximum Gasteiger partial charge on any atom is 0.309 e. The van der Waals surface area contributed by atoms with E-state index >= 15 is 0 Å². The monoisotopic (exact) mass is 380 g/mol. The molecule has 0 aliphatic carbocycles. The maximum atomic E-state index is 12.8. The molecule has 0 spiro atoms. The fourth-order valence-corrected chi connectivity index (χ4v) is 2.58. The zero-order valence-corrected chi connectivity index (χ0v) is 15.5. The topological polar surface area (TPSA) is 90.7 Å². The molecule has 0 saturated heterocycles. The van der Waals surface area contributed by atoms with Gasteiger partial charge >= 0.3 is 5.97 Å². The van der Waals surface area contributed by atoms with E-state index in [-0.39, 0.29) is 18.3 Å². The Balaban J connectivity index is 1.77. The minimum atomic E-state index is -0.885. The molecule has 1 N–H and O–H groups in total. The number of nitrogens with one attached hydrogen (secondary N) is 1. The number of hydrogen-bond donors (Lipinski definition) is 1. The predicted octanol–water partition coefficient (Wildman–Crippen LogP) is 3.46. The van der Waals surface area contributed by atoms with Gasteiger partial charge in [0.25, 0.3) is 5.91 Å². The Labute approximate surface area is 162 Å². The summed E-state index contributed by atoms with van der Waals surface area (Å²) in [4.78, 5) is 24.2. The molecule has 0 unspecified atom stereocenters. The number of rotatable bonds is 7. The Kier molecular flexibility index (Phi) is 6.06. The summed E-state index contributed by atoms with van der Waals surface area (Å²) in [5.41, 5.74) is 1.48. The summed E-state index contributed by atoms with van der Waals surface area (Å²) in [6, 6.07) is 17.7. The molecule has 2 aromatic carbocycles. The molecule has 7 nitrogen and oxygen atoms in total. The van der Waals surface area contributed by atoms with Crippen LogP contribution >= 0.6 is 0 Å². The summed E-state index contributed by atoms with van der Waals surface area (Å²) in [5.74, 6) is 0.708. The van der Waals surface area contributed by atoms with E-state index in [1.54, 1.807) is 37.3 Å². The second-order valence-electron chi connectivity index (χ2n) is 6.12. The van der Waals surface area contributed by atoms with Gasteiger partial charge in [0.1, 0.15) is 11.5 Å². The summed E-state index contributed by atoms with van der Waals surface area (Å²) in [6.45, 7) is 1.74. The molecule has 0 fully saturated rings. The summed E-state index contributed by atoms with van der Waals surface area (Å²) in [6.07, 6.45) is -0.713. The number of aryl methyl sites for hydroxylation is 1. The van der Waals surface area contributed by atoms with Gasteiger partial charge in [-0.2, -0.15) is 0 Å². The van der Waals surface area contributed by atoms with Crippen molar-refractivity contribution in [1.29, 1.82) is 0 Å². The third-order valence-corrected chi connectivity index (χ3v) is 3.97. The molecule has 1 amide bonds. The smallest absolute Gasteiger partial charge is 0.309 e. The van der Waals surface area contributed by atoms with Crippen molar-refractivity contribution in [3.63, 3.8) is 0 Å². The molecule has 0 saturated carbocycles. The van der Waals surface area contributed by atoms with E-state index in [1.165, 1.54) is 7.11 Å². The first-order valence-electron chi connectivity index (χ1n) is 8.66. The van der Waals surface area contributed by atoms with Crippen molar-refractivity contribution in [2.45, 2.75) is 19.4 Å². The Morgan fingerprint density at radius 2 is 1.82 bits per heavy atom. The van der Waals surface area contributed by atoms with E-state index in [9.17, 15) is 9.59 Å². The number of nitrogens with zero attached hydrogens (tertiary/aromatic N) is 1. The average Bonchev–Trinajstić information content (AvgIpc) is 3.12. The number of ether oxygens (including phenoxy) is 2. The molecule has 1 heterocycles. The van der Waals surface area contributed by atoms with Crippen LogP contribution in [0.25, 0.3) is 0 Å². The number of aromatic nitrogens is 1. The van der Waals surface area contributed by atoms with Crippen LogP contribution in [0.4, 0.5) is 5.82 Å². The SMILES string of the molecule is COC(=O)Cc1ccc(O[C@H](C(=O)Nc2cc(C)on2)c2ccccc2)cc1. The van der Waals surface area contributed by atoms with Gasteiger partial charge in [0, 0.05) is 11.6 Å². The maximum absolute atomic E-state index is 12.8. The van der Waals surface area contributed by atoms with E-state index in [1.807, 2.05) is 30.3 Å². The number of anilines is 1. The van der Waals surface area contributed by atoms with Crippen molar-refractivity contribution in [2.75, 3.05) is 12.4 Å². The van der Waals surface area contributed by atoms with Crippen LogP contribution in [0.3, 0.4) is 0 Å². The predicted molar refractivity (Wildman–Crippen MR) is 102 cm³/mol. The number of carbonyl (C=O) groups excluding carboxylic acids is 2. The number of carbonyl (C=O) groups is 2. The standard InChI is InChI=1S/C21H20N2O5/c1-14-12-18(23-28-14)22-21(25)20(16-6-4-3-5-7-16)27-17-10-8-15(9-11-17)13-19(24)26-2/h3-12,20H,13H2,1-2H3,(H,22,23,25)/t20-/m0/s1. The Morgan fingerprint density at radius 1 is 1.11 bits per heavy atom. The molecule has 0 aliphatic rings. The summed E-state index contributed by atoms with van der Waals surface area (Å²) in [7, 11) is 1.35.